The van der Waals surface area contributed by atoms with E-state index in [4.69, 9.17) is 4.42 Å². The van der Waals surface area contributed by atoms with Gasteiger partial charge >= 0.3 is 12.1 Å². The molecule has 0 bridgehead atoms. The number of nitrogens with zero attached hydrogens (tertiary/aromatic N) is 1. The molecule has 0 fully saturated rings. The number of alkyl halides is 3. The van der Waals surface area contributed by atoms with E-state index in [0.29, 0.717) is 16.2 Å². The molecule has 0 aliphatic carbocycles. The molecular formula is C9H10F3NO2. The van der Waals surface area contributed by atoms with Crippen molar-refractivity contribution < 1.29 is 22.4 Å². The molecule has 0 radical (unpaired) electrons. The standard InChI is InChI=1S/C9H10F3NO2/c1-6-7(3-4-15-6)5-13(2)8(14)9(10,11)12/h3-4H,5H2,1-2H3. The Labute approximate surface area is 84.5 Å². The first-order valence-electron chi connectivity index (χ1n) is 4.17. The predicted octanol–water partition coefficient (Wildman–Crippen LogP) is 2.11. The number of carbonyl (C=O) groups excluding carboxylic acids is 1. The zero-order valence-corrected chi connectivity index (χ0v) is 8.26. The molecule has 84 valence electrons. The Balaban J connectivity index is 2.68. The Morgan fingerprint density at radius 1 is 1.53 bits per heavy atom. The molecule has 1 amide bonds. The van der Waals surface area contributed by atoms with Crippen LogP contribution in [-0.4, -0.2) is 24.0 Å². The van der Waals surface area contributed by atoms with Crippen molar-refractivity contribution in [1.82, 2.24) is 4.90 Å². The van der Waals surface area contributed by atoms with Crippen LogP contribution in [0.2, 0.25) is 0 Å². The van der Waals surface area contributed by atoms with E-state index >= 15 is 0 Å². The maximum atomic E-state index is 12.0. The zero-order chi connectivity index (χ0) is 11.6. The van der Waals surface area contributed by atoms with Gasteiger partial charge in [0.25, 0.3) is 0 Å². The first-order valence-corrected chi connectivity index (χ1v) is 4.17. The van der Waals surface area contributed by atoms with E-state index in [2.05, 4.69) is 0 Å². The van der Waals surface area contributed by atoms with Gasteiger partial charge in [-0.3, -0.25) is 4.79 Å². The molecule has 0 N–H and O–H groups in total. The van der Waals surface area contributed by atoms with Gasteiger partial charge in [-0.1, -0.05) is 0 Å². The summed E-state index contributed by atoms with van der Waals surface area (Å²) in [5, 5.41) is 0. The second kappa shape index (κ2) is 3.96. The average molecular weight is 221 g/mol. The van der Waals surface area contributed by atoms with Crippen LogP contribution in [0.4, 0.5) is 13.2 Å². The van der Waals surface area contributed by atoms with E-state index in [0.717, 1.165) is 7.05 Å². The summed E-state index contributed by atoms with van der Waals surface area (Å²) < 4.78 is 41.0. The summed E-state index contributed by atoms with van der Waals surface area (Å²) in [5.41, 5.74) is 0.565. The van der Waals surface area contributed by atoms with E-state index in [-0.39, 0.29) is 6.54 Å². The molecule has 15 heavy (non-hydrogen) atoms. The maximum absolute atomic E-state index is 12.0. The van der Waals surface area contributed by atoms with Crippen LogP contribution < -0.4 is 0 Å². The van der Waals surface area contributed by atoms with Gasteiger partial charge in [-0.15, -0.1) is 0 Å². The van der Waals surface area contributed by atoms with Gasteiger partial charge in [0, 0.05) is 19.2 Å². The molecule has 1 heterocycles. The van der Waals surface area contributed by atoms with Gasteiger partial charge in [-0.2, -0.15) is 13.2 Å². The highest BCUT2D eigenvalue weighted by atomic mass is 19.4. The highest BCUT2D eigenvalue weighted by Gasteiger charge is 2.41. The largest absolute Gasteiger partial charge is 0.471 e. The van der Waals surface area contributed by atoms with Gasteiger partial charge in [0.1, 0.15) is 5.76 Å². The second-order valence-electron chi connectivity index (χ2n) is 3.16. The van der Waals surface area contributed by atoms with Gasteiger partial charge < -0.3 is 9.32 Å². The molecule has 1 rings (SSSR count). The minimum Gasteiger partial charge on any atom is -0.469 e. The van der Waals surface area contributed by atoms with Crippen LogP contribution in [0.25, 0.3) is 0 Å². The van der Waals surface area contributed by atoms with Crippen LogP contribution in [0.1, 0.15) is 11.3 Å². The lowest BCUT2D eigenvalue weighted by Crippen LogP contribution is -2.37. The molecule has 0 aromatic carbocycles. The Bertz CT molecular complexity index is 356. The molecule has 0 spiro atoms. The van der Waals surface area contributed by atoms with Crippen molar-refractivity contribution in [2.75, 3.05) is 7.05 Å². The zero-order valence-electron chi connectivity index (χ0n) is 8.26. The maximum Gasteiger partial charge on any atom is 0.471 e. The lowest BCUT2D eigenvalue weighted by Gasteiger charge is -2.17. The van der Waals surface area contributed by atoms with Gasteiger partial charge in [-0.25, -0.2) is 0 Å². The third-order valence-corrected chi connectivity index (χ3v) is 1.96. The molecule has 0 unspecified atom stereocenters. The van der Waals surface area contributed by atoms with Gasteiger partial charge in [0.15, 0.2) is 0 Å². The van der Waals surface area contributed by atoms with Crippen molar-refractivity contribution in [2.24, 2.45) is 0 Å². The molecule has 0 atom stereocenters. The minimum atomic E-state index is -4.83. The number of hydrogen-bond acceptors (Lipinski definition) is 2. The number of carbonyl (C=O) groups is 1. The SMILES string of the molecule is Cc1occc1CN(C)C(=O)C(F)(F)F. The summed E-state index contributed by atoms with van der Waals surface area (Å²) in [6.45, 7) is 1.52. The van der Waals surface area contributed by atoms with Crippen LogP contribution in [0, 0.1) is 6.92 Å². The average Bonchev–Trinajstić information content (AvgIpc) is 2.49. The Kier molecular flexibility index (Phi) is 3.06. The molecule has 6 heteroatoms. The number of aryl methyl sites for hydroxylation is 1. The summed E-state index contributed by atoms with van der Waals surface area (Å²) in [6, 6.07) is 1.54. The van der Waals surface area contributed by atoms with Gasteiger partial charge in [-0.05, 0) is 13.0 Å². The third kappa shape index (κ3) is 2.74. The monoisotopic (exact) mass is 221 g/mol. The summed E-state index contributed by atoms with van der Waals surface area (Å²) in [4.78, 5) is 11.4. The van der Waals surface area contributed by atoms with E-state index in [1.807, 2.05) is 0 Å². The number of hydrogen-bond donors (Lipinski definition) is 0. The molecule has 0 aliphatic rings. The molecule has 3 nitrogen and oxygen atoms in total. The first-order chi connectivity index (χ1) is 6.82. The number of rotatable bonds is 2. The van der Waals surface area contributed by atoms with Crippen molar-refractivity contribution in [3.63, 3.8) is 0 Å². The van der Waals surface area contributed by atoms with Crippen LogP contribution in [-0.2, 0) is 11.3 Å². The molecule has 0 saturated heterocycles. The summed E-state index contributed by atoms with van der Waals surface area (Å²) in [7, 11) is 1.10. The minimum absolute atomic E-state index is 0.110. The number of furan rings is 1. The van der Waals surface area contributed by atoms with Crippen molar-refractivity contribution in [2.45, 2.75) is 19.6 Å². The molecular weight excluding hydrogens is 211 g/mol. The summed E-state index contributed by atoms with van der Waals surface area (Å²) in [5.74, 6) is -1.35. The van der Waals surface area contributed by atoms with Crippen molar-refractivity contribution in [3.05, 3.63) is 23.7 Å². The fraction of sp³-hybridized carbons (Fsp3) is 0.444. The highest BCUT2D eigenvalue weighted by Crippen LogP contribution is 2.19. The lowest BCUT2D eigenvalue weighted by atomic mass is 10.2. The Hall–Kier alpha value is -1.46. The topological polar surface area (TPSA) is 33.5 Å². The normalized spacial score (nSPS) is 11.5. The van der Waals surface area contributed by atoms with E-state index in [1.165, 1.54) is 12.3 Å². The van der Waals surface area contributed by atoms with Crippen LogP contribution in [0.15, 0.2) is 16.7 Å². The van der Waals surface area contributed by atoms with E-state index in [9.17, 15) is 18.0 Å². The van der Waals surface area contributed by atoms with Crippen LogP contribution >= 0.6 is 0 Å². The number of halogens is 3. The fourth-order valence-corrected chi connectivity index (χ4v) is 1.12. The lowest BCUT2D eigenvalue weighted by molar-refractivity contribution is -0.184. The van der Waals surface area contributed by atoms with E-state index < -0.39 is 12.1 Å². The molecule has 1 aromatic heterocycles. The van der Waals surface area contributed by atoms with E-state index in [1.54, 1.807) is 6.92 Å². The van der Waals surface area contributed by atoms with Gasteiger partial charge in [0.2, 0.25) is 0 Å². The van der Waals surface area contributed by atoms with Crippen molar-refractivity contribution >= 4 is 5.91 Å². The second-order valence-corrected chi connectivity index (χ2v) is 3.16. The molecule has 1 aromatic rings. The quantitative estimate of drug-likeness (QED) is 0.766. The Morgan fingerprint density at radius 3 is 2.53 bits per heavy atom. The van der Waals surface area contributed by atoms with Gasteiger partial charge in [0.05, 0.1) is 6.26 Å². The molecule has 0 aliphatic heterocycles. The summed E-state index contributed by atoms with van der Waals surface area (Å²) >= 11 is 0. The summed E-state index contributed by atoms with van der Waals surface area (Å²) in [6.07, 6.45) is -3.46. The first kappa shape index (κ1) is 11.6. The smallest absolute Gasteiger partial charge is 0.469 e. The predicted molar refractivity (Wildman–Crippen MR) is 46.0 cm³/mol. The van der Waals surface area contributed by atoms with Crippen molar-refractivity contribution in [1.29, 1.82) is 0 Å². The Morgan fingerprint density at radius 2 is 2.13 bits per heavy atom. The van der Waals surface area contributed by atoms with Crippen LogP contribution in [0.5, 0.6) is 0 Å². The van der Waals surface area contributed by atoms with Crippen molar-refractivity contribution in [3.8, 4) is 0 Å². The fourth-order valence-electron chi connectivity index (χ4n) is 1.12. The third-order valence-electron chi connectivity index (χ3n) is 1.96. The van der Waals surface area contributed by atoms with Crippen LogP contribution in [0.3, 0.4) is 0 Å². The highest BCUT2D eigenvalue weighted by molar-refractivity contribution is 5.81. The molecule has 0 saturated carbocycles. The number of amides is 1.